The summed E-state index contributed by atoms with van der Waals surface area (Å²) in [5, 5.41) is -1.51. The van der Waals surface area contributed by atoms with Gasteiger partial charge in [0.2, 0.25) is 5.17 Å². The predicted molar refractivity (Wildman–Crippen MR) is 35.5 cm³/mol. The molecule has 0 amide bonds. The van der Waals surface area contributed by atoms with Gasteiger partial charge in [0.25, 0.3) is 0 Å². The first kappa shape index (κ1) is 9.05. The lowest BCUT2D eigenvalue weighted by atomic mass is 10.7. The molecule has 0 unspecified atom stereocenters. The van der Waals surface area contributed by atoms with E-state index in [1.165, 1.54) is 6.20 Å². The summed E-state index contributed by atoms with van der Waals surface area (Å²) in [4.78, 5) is 6.20. The maximum atomic E-state index is 11.7. The maximum Gasteiger partial charge on any atom is 0.444 e. The molecule has 0 fully saturated rings. The third-order valence-corrected chi connectivity index (χ3v) is 1.15. The van der Waals surface area contributed by atoms with Crippen LogP contribution in [0.4, 0.5) is 19.2 Å². The number of alkyl halides is 3. The van der Waals surface area contributed by atoms with E-state index in [2.05, 4.69) is 14.4 Å². The molecule has 0 radical (unpaired) electrons. The third-order valence-electron chi connectivity index (χ3n) is 0.847. The fourth-order valence-corrected chi connectivity index (χ4v) is 0.491. The van der Waals surface area contributed by atoms with Gasteiger partial charge in [-0.1, -0.05) is 11.6 Å². The molecule has 1 aromatic heterocycles. The van der Waals surface area contributed by atoms with Crippen LogP contribution >= 0.6 is 11.6 Å². The van der Waals surface area contributed by atoms with Crippen LogP contribution in [-0.4, -0.2) is 16.3 Å². The van der Waals surface area contributed by atoms with Crippen molar-refractivity contribution in [1.29, 1.82) is 0 Å². The quantitative estimate of drug-likeness (QED) is 0.651. The highest BCUT2D eigenvalue weighted by molar-refractivity contribution is 6.67. The average Bonchev–Trinajstić information content (AvgIpc) is 2.37. The van der Waals surface area contributed by atoms with Crippen molar-refractivity contribution in [3.05, 3.63) is 12.5 Å². The van der Waals surface area contributed by atoms with Gasteiger partial charge in [-0.05, 0) is 0 Å². The molecule has 1 rings (SSSR count). The summed E-state index contributed by atoms with van der Waals surface area (Å²) in [6.07, 6.45) is -2.39. The molecule has 0 aromatic carbocycles. The summed E-state index contributed by atoms with van der Waals surface area (Å²) < 4.78 is 39.5. The second-order valence-electron chi connectivity index (χ2n) is 1.72. The lowest BCUT2D eigenvalue weighted by molar-refractivity contribution is -0.0559. The van der Waals surface area contributed by atoms with Crippen LogP contribution in [0.25, 0.3) is 0 Å². The van der Waals surface area contributed by atoms with E-state index in [0.717, 1.165) is 6.26 Å². The molecule has 0 N–H and O–H groups in total. The van der Waals surface area contributed by atoms with Gasteiger partial charge < -0.3 is 4.42 Å². The Morgan fingerprint density at radius 3 is 2.67 bits per heavy atom. The fourth-order valence-electron chi connectivity index (χ4n) is 0.418. The van der Waals surface area contributed by atoms with Gasteiger partial charge in [-0.2, -0.15) is 18.2 Å². The molecular formula is C5H2ClF3N2O. The first-order chi connectivity index (χ1) is 5.50. The molecule has 1 heterocycles. The predicted octanol–water partition coefficient (Wildman–Crippen LogP) is 2.51. The van der Waals surface area contributed by atoms with Gasteiger partial charge in [-0.15, -0.1) is 0 Å². The van der Waals surface area contributed by atoms with Crippen molar-refractivity contribution in [2.75, 3.05) is 0 Å². The summed E-state index contributed by atoms with van der Waals surface area (Å²) in [6, 6.07) is -0.419. The second-order valence-corrected chi connectivity index (χ2v) is 2.07. The molecule has 3 nitrogen and oxygen atoms in total. The monoisotopic (exact) mass is 198 g/mol. The third kappa shape index (κ3) is 2.23. The highest BCUT2D eigenvalue weighted by Crippen LogP contribution is 2.22. The first-order valence-electron chi connectivity index (χ1n) is 2.71. The molecule has 0 aliphatic heterocycles. The van der Waals surface area contributed by atoms with E-state index in [1.807, 2.05) is 0 Å². The Labute approximate surface area is 69.9 Å². The summed E-state index contributed by atoms with van der Waals surface area (Å²) in [6.45, 7) is 0. The maximum absolute atomic E-state index is 11.7. The summed E-state index contributed by atoms with van der Waals surface area (Å²) in [5.74, 6) is 0. The molecular weight excluding hydrogens is 197 g/mol. The highest BCUT2D eigenvalue weighted by atomic mass is 35.5. The number of hydrogen-bond acceptors (Lipinski definition) is 3. The Kier molecular flexibility index (Phi) is 2.37. The van der Waals surface area contributed by atoms with Crippen LogP contribution in [0.5, 0.6) is 0 Å². The van der Waals surface area contributed by atoms with E-state index in [0.29, 0.717) is 0 Å². The zero-order valence-corrected chi connectivity index (χ0v) is 6.23. The van der Waals surface area contributed by atoms with Gasteiger partial charge in [-0.25, -0.2) is 4.98 Å². The zero-order chi connectivity index (χ0) is 9.19. The topological polar surface area (TPSA) is 38.4 Å². The Morgan fingerprint density at radius 2 is 2.25 bits per heavy atom. The molecule has 0 spiro atoms. The number of rotatable bonds is 1. The molecule has 0 aliphatic carbocycles. The van der Waals surface area contributed by atoms with Crippen molar-refractivity contribution in [3.8, 4) is 0 Å². The molecule has 0 aliphatic rings. The Balaban J connectivity index is 2.84. The van der Waals surface area contributed by atoms with Crippen LogP contribution < -0.4 is 0 Å². The lowest BCUT2D eigenvalue weighted by Gasteiger charge is -2.00. The first-order valence-corrected chi connectivity index (χ1v) is 3.09. The standard InChI is InChI=1S/C5H2ClF3N2O/c6-3(5(7,8)9)11-4-10-1-2-12-4/h1-2H. The minimum atomic E-state index is -4.66. The Bertz CT molecular complexity index is 279. The van der Waals surface area contributed by atoms with Crippen molar-refractivity contribution in [3.63, 3.8) is 0 Å². The van der Waals surface area contributed by atoms with Crippen LogP contribution in [0, 0.1) is 0 Å². The number of oxazole rings is 1. The summed E-state index contributed by atoms with van der Waals surface area (Å²) in [5.41, 5.74) is 0. The van der Waals surface area contributed by atoms with Crippen LogP contribution in [0.15, 0.2) is 21.9 Å². The van der Waals surface area contributed by atoms with E-state index < -0.39 is 17.4 Å². The van der Waals surface area contributed by atoms with Crippen LogP contribution in [0.3, 0.4) is 0 Å². The molecule has 1 aromatic rings. The molecule has 0 bridgehead atoms. The van der Waals surface area contributed by atoms with Crippen molar-refractivity contribution in [2.24, 2.45) is 4.99 Å². The number of aliphatic imine (C=N–C) groups is 1. The van der Waals surface area contributed by atoms with Gasteiger partial charge in [0.1, 0.15) is 6.26 Å². The number of nitrogens with zero attached hydrogens (tertiary/aromatic N) is 2. The fraction of sp³-hybridized carbons (Fsp3) is 0.200. The van der Waals surface area contributed by atoms with Gasteiger partial charge in [-0.3, -0.25) is 0 Å². The zero-order valence-electron chi connectivity index (χ0n) is 5.47. The molecule has 0 saturated carbocycles. The van der Waals surface area contributed by atoms with Crippen molar-refractivity contribution in [1.82, 2.24) is 4.98 Å². The van der Waals surface area contributed by atoms with E-state index >= 15 is 0 Å². The number of halogens is 4. The summed E-state index contributed by atoms with van der Waals surface area (Å²) >= 11 is 4.77. The molecule has 0 atom stereocenters. The van der Waals surface area contributed by atoms with E-state index in [4.69, 9.17) is 11.6 Å². The van der Waals surface area contributed by atoms with Gasteiger partial charge in [0.15, 0.2) is 0 Å². The Hall–Kier alpha value is -1.04. The molecule has 0 saturated heterocycles. The van der Waals surface area contributed by atoms with Crippen LogP contribution in [-0.2, 0) is 0 Å². The SMILES string of the molecule is FC(F)(F)C(Cl)=Nc1ncco1. The highest BCUT2D eigenvalue weighted by Gasteiger charge is 2.34. The van der Waals surface area contributed by atoms with Gasteiger partial charge >= 0.3 is 12.2 Å². The van der Waals surface area contributed by atoms with Crippen molar-refractivity contribution < 1.29 is 17.6 Å². The number of hydrogen-bond donors (Lipinski definition) is 0. The number of aromatic nitrogens is 1. The minimum Gasteiger partial charge on any atom is -0.431 e. The second kappa shape index (κ2) is 3.14. The van der Waals surface area contributed by atoms with Gasteiger partial charge in [0, 0.05) is 0 Å². The molecule has 12 heavy (non-hydrogen) atoms. The normalized spacial score (nSPS) is 13.5. The van der Waals surface area contributed by atoms with Crippen LogP contribution in [0.1, 0.15) is 0 Å². The average molecular weight is 199 g/mol. The minimum absolute atomic E-state index is 0.419. The smallest absolute Gasteiger partial charge is 0.431 e. The summed E-state index contributed by atoms with van der Waals surface area (Å²) in [7, 11) is 0. The van der Waals surface area contributed by atoms with E-state index in [9.17, 15) is 13.2 Å². The van der Waals surface area contributed by atoms with Gasteiger partial charge in [0.05, 0.1) is 6.20 Å². The molecule has 7 heteroatoms. The van der Waals surface area contributed by atoms with E-state index in [-0.39, 0.29) is 0 Å². The van der Waals surface area contributed by atoms with Crippen LogP contribution in [0.2, 0.25) is 0 Å². The van der Waals surface area contributed by atoms with Crippen molar-refractivity contribution in [2.45, 2.75) is 6.18 Å². The molecule has 66 valence electrons. The lowest BCUT2D eigenvalue weighted by Crippen LogP contribution is -2.16. The van der Waals surface area contributed by atoms with Crippen molar-refractivity contribution >= 4 is 22.8 Å². The Morgan fingerprint density at radius 1 is 1.58 bits per heavy atom. The van der Waals surface area contributed by atoms with E-state index in [1.54, 1.807) is 0 Å². The largest absolute Gasteiger partial charge is 0.444 e.